The Bertz CT molecular complexity index is 1860. The van der Waals surface area contributed by atoms with Gasteiger partial charge in [-0.3, -0.25) is 0 Å². The molecule has 0 saturated heterocycles. The number of hydrogen-bond donors (Lipinski definition) is 0. The predicted octanol–water partition coefficient (Wildman–Crippen LogP) is 11.2. The maximum Gasteiger partial charge on any atom is 0.222 e. The standard InChI is InChI=1S/C40H46NS/c1-24(2)19-26-13-16-30-32(20-26)25(3)36-38-37-31(17-18-41(38)7)33-21-28(27-11-9-8-10-12-27)14-15-29(33)22-35(37)42-39(36)34(30)23-40(4,5)6/h13-18,20-22,24,27H,8-12,19,23H2,1-7H3/q+1. The van der Waals surface area contributed by atoms with Gasteiger partial charge in [-0.1, -0.05) is 102 Å². The number of benzene rings is 4. The van der Waals surface area contributed by atoms with Crippen LogP contribution >= 0.6 is 11.8 Å². The third-order valence-corrected chi connectivity index (χ3v) is 11.0. The van der Waals surface area contributed by atoms with Crippen LogP contribution < -0.4 is 4.57 Å². The molecular formula is C40H46NS+. The minimum absolute atomic E-state index is 0.195. The van der Waals surface area contributed by atoms with Crippen molar-refractivity contribution in [3.05, 3.63) is 77.0 Å². The van der Waals surface area contributed by atoms with Crippen molar-refractivity contribution in [3.8, 4) is 11.3 Å². The van der Waals surface area contributed by atoms with E-state index in [1.165, 1.54) is 102 Å². The zero-order chi connectivity index (χ0) is 29.3. The molecule has 0 amide bonds. The zero-order valence-electron chi connectivity index (χ0n) is 26.7. The summed E-state index contributed by atoms with van der Waals surface area (Å²) in [5.74, 6) is 1.36. The molecule has 1 nitrogen and oxygen atoms in total. The number of aromatic nitrogens is 1. The monoisotopic (exact) mass is 572 g/mol. The number of hydrogen-bond acceptors (Lipinski definition) is 1. The van der Waals surface area contributed by atoms with Gasteiger partial charge >= 0.3 is 0 Å². The minimum atomic E-state index is 0.195. The molecule has 1 aliphatic heterocycles. The van der Waals surface area contributed by atoms with Crippen LogP contribution in [-0.2, 0) is 19.9 Å². The van der Waals surface area contributed by atoms with Crippen LogP contribution in [0.2, 0.25) is 0 Å². The molecule has 7 rings (SSSR count). The molecule has 2 heterocycles. The normalized spacial score (nSPS) is 15.7. The molecule has 1 saturated carbocycles. The van der Waals surface area contributed by atoms with E-state index in [9.17, 15) is 0 Å². The molecule has 0 atom stereocenters. The van der Waals surface area contributed by atoms with Gasteiger partial charge in [0, 0.05) is 21.2 Å². The Labute approximate surface area is 256 Å². The first-order chi connectivity index (χ1) is 20.1. The highest BCUT2D eigenvalue weighted by atomic mass is 32.2. The maximum absolute atomic E-state index is 2.55. The summed E-state index contributed by atoms with van der Waals surface area (Å²) < 4.78 is 2.40. The van der Waals surface area contributed by atoms with Gasteiger partial charge in [0.05, 0.1) is 10.9 Å². The van der Waals surface area contributed by atoms with Crippen LogP contribution in [0.15, 0.2) is 64.5 Å². The molecule has 0 unspecified atom stereocenters. The first-order valence-corrected chi connectivity index (χ1v) is 17.1. The van der Waals surface area contributed by atoms with Crippen molar-refractivity contribution < 1.29 is 4.57 Å². The van der Waals surface area contributed by atoms with Gasteiger partial charge < -0.3 is 0 Å². The molecule has 42 heavy (non-hydrogen) atoms. The highest BCUT2D eigenvalue weighted by Gasteiger charge is 2.33. The first-order valence-electron chi connectivity index (χ1n) is 16.2. The van der Waals surface area contributed by atoms with Crippen LogP contribution in [0, 0.1) is 18.3 Å². The molecular weight excluding hydrogens is 527 g/mol. The van der Waals surface area contributed by atoms with E-state index in [2.05, 4.69) is 108 Å². The Morgan fingerprint density at radius 2 is 1.67 bits per heavy atom. The molecule has 4 aromatic carbocycles. The van der Waals surface area contributed by atoms with E-state index in [0.29, 0.717) is 11.8 Å². The highest BCUT2D eigenvalue weighted by Crippen LogP contribution is 2.53. The van der Waals surface area contributed by atoms with E-state index >= 15 is 0 Å². The van der Waals surface area contributed by atoms with E-state index in [1.807, 2.05) is 11.8 Å². The second-order valence-electron chi connectivity index (χ2n) is 14.9. The average Bonchev–Trinajstić information content (AvgIpc) is 2.95. The van der Waals surface area contributed by atoms with E-state index in [1.54, 1.807) is 5.56 Å². The lowest BCUT2D eigenvalue weighted by Gasteiger charge is -2.28. The maximum atomic E-state index is 2.55. The van der Waals surface area contributed by atoms with Gasteiger partial charge in [0.15, 0.2) is 6.20 Å². The van der Waals surface area contributed by atoms with Gasteiger partial charge in [0.2, 0.25) is 5.69 Å². The van der Waals surface area contributed by atoms with E-state index < -0.39 is 0 Å². The summed E-state index contributed by atoms with van der Waals surface area (Å²) >= 11 is 2.03. The Morgan fingerprint density at radius 1 is 0.881 bits per heavy atom. The van der Waals surface area contributed by atoms with Gasteiger partial charge in [0.25, 0.3) is 0 Å². The first kappa shape index (κ1) is 28.0. The van der Waals surface area contributed by atoms with Crippen LogP contribution in [0.3, 0.4) is 0 Å². The highest BCUT2D eigenvalue weighted by molar-refractivity contribution is 8.00. The van der Waals surface area contributed by atoms with Gasteiger partial charge in [0.1, 0.15) is 7.05 Å². The fourth-order valence-electron chi connectivity index (χ4n) is 7.90. The summed E-state index contributed by atoms with van der Waals surface area (Å²) in [5.41, 5.74) is 9.00. The van der Waals surface area contributed by atoms with Gasteiger partial charge in [-0.25, -0.2) is 4.57 Å². The smallest absolute Gasteiger partial charge is 0.200 e. The van der Waals surface area contributed by atoms with Crippen molar-refractivity contribution in [2.24, 2.45) is 18.4 Å². The lowest BCUT2D eigenvalue weighted by molar-refractivity contribution is -0.659. The largest absolute Gasteiger partial charge is 0.222 e. The predicted molar refractivity (Wildman–Crippen MR) is 182 cm³/mol. The van der Waals surface area contributed by atoms with Crippen molar-refractivity contribution in [1.82, 2.24) is 0 Å². The van der Waals surface area contributed by atoms with Crippen LogP contribution in [0.1, 0.15) is 94.9 Å². The topological polar surface area (TPSA) is 3.88 Å². The molecule has 2 aliphatic rings. The van der Waals surface area contributed by atoms with E-state index in [0.717, 1.165) is 12.8 Å². The summed E-state index contributed by atoms with van der Waals surface area (Å²) in [5, 5.41) is 8.53. The third kappa shape index (κ3) is 4.75. The summed E-state index contributed by atoms with van der Waals surface area (Å²) in [6.45, 7) is 14.2. The third-order valence-electron chi connectivity index (χ3n) is 9.79. The van der Waals surface area contributed by atoms with Crippen molar-refractivity contribution in [2.45, 2.75) is 102 Å². The van der Waals surface area contributed by atoms with E-state index in [-0.39, 0.29) is 5.41 Å². The molecule has 0 N–H and O–H groups in total. The fraction of sp³-hybridized carbons (Fsp3) is 0.425. The van der Waals surface area contributed by atoms with Crippen molar-refractivity contribution >= 4 is 44.1 Å². The fourth-order valence-corrected chi connectivity index (χ4v) is 9.27. The Hall–Kier alpha value is -2.84. The zero-order valence-corrected chi connectivity index (χ0v) is 27.5. The molecule has 1 fully saturated rings. The average molecular weight is 573 g/mol. The molecule has 0 radical (unpaired) electrons. The molecule has 216 valence electrons. The number of pyridine rings is 1. The molecule has 0 spiro atoms. The molecule has 1 aromatic heterocycles. The van der Waals surface area contributed by atoms with Crippen LogP contribution in [0.5, 0.6) is 0 Å². The SMILES string of the molecule is Cc1c2c(c(CC(C)(C)C)c3ccc(CC(C)C)cc13)Sc1cc3ccc(C4CCCCC4)cc3c3cc[n+](C)c-2c13. The lowest BCUT2D eigenvalue weighted by atomic mass is 9.82. The van der Waals surface area contributed by atoms with Crippen LogP contribution in [0.4, 0.5) is 0 Å². The molecule has 2 heteroatoms. The number of nitrogens with zero attached hydrogens (tertiary/aromatic N) is 1. The van der Waals surface area contributed by atoms with Gasteiger partial charge in [-0.05, 0) is 99.7 Å². The number of aryl methyl sites for hydroxylation is 2. The quantitative estimate of drug-likeness (QED) is 0.150. The molecule has 1 aliphatic carbocycles. The molecule has 5 aromatic rings. The van der Waals surface area contributed by atoms with Crippen LogP contribution in [-0.4, -0.2) is 0 Å². The number of rotatable bonds is 4. The Kier molecular flexibility index (Phi) is 6.93. The second kappa shape index (κ2) is 10.4. The number of fused-ring (bicyclic) bond motifs is 5. The van der Waals surface area contributed by atoms with Crippen molar-refractivity contribution in [2.75, 3.05) is 0 Å². The van der Waals surface area contributed by atoms with Crippen LogP contribution in [0.25, 0.3) is 43.6 Å². The Balaban J connectivity index is 1.53. The Morgan fingerprint density at radius 3 is 2.40 bits per heavy atom. The molecule has 0 bridgehead atoms. The van der Waals surface area contributed by atoms with Crippen molar-refractivity contribution in [3.63, 3.8) is 0 Å². The van der Waals surface area contributed by atoms with Gasteiger partial charge in [-0.2, -0.15) is 0 Å². The lowest BCUT2D eigenvalue weighted by Crippen LogP contribution is -2.32. The summed E-state index contributed by atoms with van der Waals surface area (Å²) in [6, 6.07) is 19.6. The van der Waals surface area contributed by atoms with E-state index in [4.69, 9.17) is 0 Å². The van der Waals surface area contributed by atoms with Gasteiger partial charge in [-0.15, -0.1) is 0 Å². The summed E-state index contributed by atoms with van der Waals surface area (Å²) in [6.07, 6.45) is 11.3. The summed E-state index contributed by atoms with van der Waals surface area (Å²) in [4.78, 5) is 2.88. The van der Waals surface area contributed by atoms with Crippen molar-refractivity contribution in [1.29, 1.82) is 0 Å². The summed E-state index contributed by atoms with van der Waals surface area (Å²) in [7, 11) is 2.25. The minimum Gasteiger partial charge on any atom is -0.200 e. The second-order valence-corrected chi connectivity index (χ2v) is 15.9.